The van der Waals surface area contributed by atoms with Gasteiger partial charge in [-0.2, -0.15) is 0 Å². The molecule has 2 amide bonds. The van der Waals surface area contributed by atoms with E-state index >= 15 is 0 Å². The average molecular weight is 775 g/mol. The number of nitrogens with one attached hydrogen (secondary N) is 2. The van der Waals surface area contributed by atoms with Crippen LogP contribution in [0.1, 0.15) is 68.2 Å². The van der Waals surface area contributed by atoms with Crippen LogP contribution in [0, 0.1) is 34.5 Å². The third kappa shape index (κ3) is 12.9. The summed E-state index contributed by atoms with van der Waals surface area (Å²) in [5, 5.41) is 5.79. The van der Waals surface area contributed by atoms with Crippen molar-refractivity contribution in [3.63, 3.8) is 0 Å². The maximum Gasteiger partial charge on any atom is 0.224 e. The summed E-state index contributed by atoms with van der Waals surface area (Å²) < 4.78 is 6.77. The summed E-state index contributed by atoms with van der Waals surface area (Å²) in [5.74, 6) is -0.0977. The van der Waals surface area contributed by atoms with E-state index in [-0.39, 0.29) is 57.9 Å². The fraction of sp³-hybridized carbons (Fsp3) is 0.474. The third-order valence-electron chi connectivity index (χ3n) is 8.85. The molecule has 0 unspecified atom stereocenters. The summed E-state index contributed by atoms with van der Waals surface area (Å²) in [4.78, 5) is 48.2. The number of amides is 2. The van der Waals surface area contributed by atoms with E-state index < -0.39 is 0 Å². The quantitative estimate of drug-likeness (QED) is 0.279. The molecule has 7 nitrogen and oxygen atoms in total. The number of hydrogen-bond donors (Lipinski definition) is 2. The Morgan fingerprint density at radius 3 is 1.26 bits per heavy atom. The summed E-state index contributed by atoms with van der Waals surface area (Å²) in [5.41, 5.74) is 1.24. The number of carbonyl (C=O) groups is 4. The van der Waals surface area contributed by atoms with Gasteiger partial charge in [-0.15, -0.1) is 0 Å². The SMILES string of the molecule is CCOCC.C[C@H]1C(=O)C=CC(C)(C)[C@@H]1CC(=O)Nc1ccc(Br)cc1.C[C@H]1C(=O)C=CC(C)(C)[C@@H]1CC(=O)Nc1ccc(Br)cc1. The molecule has 0 spiro atoms. The smallest absolute Gasteiger partial charge is 0.224 e. The molecule has 9 heteroatoms. The largest absolute Gasteiger partial charge is 0.382 e. The first-order chi connectivity index (χ1) is 22.0. The minimum absolute atomic E-state index is 0.0189. The van der Waals surface area contributed by atoms with Crippen molar-refractivity contribution >= 4 is 66.6 Å². The number of benzene rings is 2. The topological polar surface area (TPSA) is 102 Å². The third-order valence-corrected chi connectivity index (χ3v) is 9.90. The van der Waals surface area contributed by atoms with Crippen LogP contribution in [-0.2, 0) is 23.9 Å². The van der Waals surface area contributed by atoms with Gasteiger partial charge in [-0.3, -0.25) is 19.2 Å². The maximum absolute atomic E-state index is 12.2. The molecule has 2 aliphatic rings. The van der Waals surface area contributed by atoms with Crippen molar-refractivity contribution in [2.24, 2.45) is 34.5 Å². The Kier molecular flexibility index (Phi) is 16.0. The molecule has 4 rings (SSSR count). The van der Waals surface area contributed by atoms with E-state index in [2.05, 4.69) is 70.2 Å². The van der Waals surface area contributed by atoms with E-state index in [4.69, 9.17) is 4.74 Å². The second kappa shape index (κ2) is 18.6. The van der Waals surface area contributed by atoms with Gasteiger partial charge in [0.05, 0.1) is 0 Å². The minimum atomic E-state index is -0.148. The molecule has 2 aromatic rings. The molecule has 2 aromatic carbocycles. The van der Waals surface area contributed by atoms with Gasteiger partial charge in [0.1, 0.15) is 0 Å². The van der Waals surface area contributed by atoms with Crippen molar-refractivity contribution in [1.29, 1.82) is 0 Å². The molecular formula is C38H50Br2N2O5. The highest BCUT2D eigenvalue weighted by molar-refractivity contribution is 9.10. The lowest BCUT2D eigenvalue weighted by Gasteiger charge is -2.37. The summed E-state index contributed by atoms with van der Waals surface area (Å²) in [7, 11) is 0. The van der Waals surface area contributed by atoms with Crippen LogP contribution in [0.3, 0.4) is 0 Å². The lowest BCUT2D eigenvalue weighted by atomic mass is 9.66. The Morgan fingerprint density at radius 1 is 0.660 bits per heavy atom. The summed E-state index contributed by atoms with van der Waals surface area (Å²) in [6.45, 7) is 17.8. The Bertz CT molecular complexity index is 1310. The molecule has 2 aliphatic carbocycles. The number of allylic oxidation sites excluding steroid dienone is 4. The van der Waals surface area contributed by atoms with Crippen molar-refractivity contribution in [2.45, 2.75) is 68.2 Å². The van der Waals surface area contributed by atoms with Gasteiger partial charge in [0, 0.05) is 58.2 Å². The van der Waals surface area contributed by atoms with Crippen LogP contribution in [0.5, 0.6) is 0 Å². The molecule has 0 fully saturated rings. The Hall–Kier alpha value is -2.88. The van der Waals surface area contributed by atoms with Crippen LogP contribution in [0.2, 0.25) is 0 Å². The minimum Gasteiger partial charge on any atom is -0.382 e. The Morgan fingerprint density at radius 2 is 0.979 bits per heavy atom. The van der Waals surface area contributed by atoms with Gasteiger partial charge >= 0.3 is 0 Å². The van der Waals surface area contributed by atoms with Gasteiger partial charge in [0.2, 0.25) is 11.8 Å². The highest BCUT2D eigenvalue weighted by Crippen LogP contribution is 2.41. The molecular weight excluding hydrogens is 724 g/mol. The predicted molar refractivity (Wildman–Crippen MR) is 198 cm³/mol. The Labute approximate surface area is 297 Å². The van der Waals surface area contributed by atoms with Gasteiger partial charge < -0.3 is 15.4 Å². The predicted octanol–water partition coefficient (Wildman–Crippen LogP) is 9.43. The molecule has 0 saturated heterocycles. The zero-order valence-electron chi connectivity index (χ0n) is 28.9. The van der Waals surface area contributed by atoms with Crippen molar-refractivity contribution in [1.82, 2.24) is 0 Å². The van der Waals surface area contributed by atoms with E-state index in [9.17, 15) is 19.2 Å². The van der Waals surface area contributed by atoms with Crippen molar-refractivity contribution in [2.75, 3.05) is 23.8 Å². The van der Waals surface area contributed by atoms with Crippen LogP contribution >= 0.6 is 31.9 Å². The van der Waals surface area contributed by atoms with Gasteiger partial charge in [-0.05, 0) is 97.2 Å². The number of carbonyl (C=O) groups excluding carboxylic acids is 4. The normalized spacial score (nSPS) is 22.3. The lowest BCUT2D eigenvalue weighted by molar-refractivity contribution is -0.125. The zero-order chi connectivity index (χ0) is 35.4. The van der Waals surface area contributed by atoms with Gasteiger partial charge in [-0.25, -0.2) is 0 Å². The van der Waals surface area contributed by atoms with Crippen LogP contribution in [0.15, 0.2) is 81.8 Å². The molecule has 0 saturated carbocycles. The second-order valence-electron chi connectivity index (χ2n) is 13.2. The fourth-order valence-electron chi connectivity index (χ4n) is 5.80. The van der Waals surface area contributed by atoms with E-state index in [1.807, 2.05) is 88.4 Å². The molecule has 0 heterocycles. The molecule has 4 atom stereocenters. The average Bonchev–Trinajstić information content (AvgIpc) is 3.01. The second-order valence-corrected chi connectivity index (χ2v) is 15.0. The lowest BCUT2D eigenvalue weighted by Crippen LogP contribution is -2.37. The Balaban J connectivity index is 0.000000286. The summed E-state index contributed by atoms with van der Waals surface area (Å²) >= 11 is 6.73. The van der Waals surface area contributed by atoms with E-state index in [1.165, 1.54) is 0 Å². The zero-order valence-corrected chi connectivity index (χ0v) is 32.0. The van der Waals surface area contributed by atoms with Gasteiger partial charge in [0.25, 0.3) is 0 Å². The molecule has 0 aromatic heterocycles. The van der Waals surface area contributed by atoms with Gasteiger partial charge in [0.15, 0.2) is 11.6 Å². The van der Waals surface area contributed by atoms with Crippen LogP contribution in [0.4, 0.5) is 11.4 Å². The summed E-state index contributed by atoms with van der Waals surface area (Å²) in [6.07, 6.45) is 7.84. The van der Waals surface area contributed by atoms with Crippen LogP contribution in [-0.4, -0.2) is 36.6 Å². The van der Waals surface area contributed by atoms with E-state index in [1.54, 1.807) is 12.2 Å². The first kappa shape index (κ1) is 40.3. The molecule has 0 bridgehead atoms. The summed E-state index contributed by atoms with van der Waals surface area (Å²) in [6, 6.07) is 14.9. The fourth-order valence-corrected chi connectivity index (χ4v) is 6.33. The van der Waals surface area contributed by atoms with E-state index in [0.29, 0.717) is 12.8 Å². The van der Waals surface area contributed by atoms with Crippen molar-refractivity contribution < 1.29 is 23.9 Å². The van der Waals surface area contributed by atoms with E-state index in [0.717, 1.165) is 33.5 Å². The van der Waals surface area contributed by atoms with Gasteiger partial charge in [-0.1, -0.05) is 85.6 Å². The standard InChI is InChI=1S/2C17H20BrNO2.C4H10O/c2*1-11-14(17(2,3)9-8-15(11)20)10-16(21)19-13-6-4-12(18)5-7-13;1-3-5-4-2/h2*4-9,11,14H,10H2,1-3H3,(H,19,21);3-4H2,1-2H3/t2*11-,14-;/m11./s1. The maximum atomic E-state index is 12.2. The number of anilines is 2. The first-order valence-corrected chi connectivity index (χ1v) is 17.7. The number of ether oxygens (including phenoxy) is 1. The number of hydrogen-bond acceptors (Lipinski definition) is 5. The van der Waals surface area contributed by atoms with Crippen molar-refractivity contribution in [3.05, 3.63) is 81.8 Å². The van der Waals surface area contributed by atoms with Crippen molar-refractivity contribution in [3.8, 4) is 0 Å². The highest BCUT2D eigenvalue weighted by atomic mass is 79.9. The monoisotopic (exact) mass is 772 g/mol. The number of ketones is 2. The number of halogens is 2. The highest BCUT2D eigenvalue weighted by Gasteiger charge is 2.40. The first-order valence-electron chi connectivity index (χ1n) is 16.1. The molecule has 0 aliphatic heterocycles. The molecule has 47 heavy (non-hydrogen) atoms. The molecule has 0 radical (unpaired) electrons. The van der Waals surface area contributed by atoms with Crippen LogP contribution in [0.25, 0.3) is 0 Å². The number of rotatable bonds is 8. The molecule has 256 valence electrons. The van der Waals surface area contributed by atoms with Crippen LogP contribution < -0.4 is 10.6 Å². The molecule has 2 N–H and O–H groups in total.